The molecule has 1 fully saturated rings. The Kier molecular flexibility index (Phi) is 6.84. The van der Waals surface area contributed by atoms with E-state index in [1.165, 1.54) is 0 Å². The van der Waals surface area contributed by atoms with Crippen molar-refractivity contribution in [3.63, 3.8) is 0 Å². The van der Waals surface area contributed by atoms with Crippen molar-refractivity contribution in [2.75, 3.05) is 37.6 Å². The summed E-state index contributed by atoms with van der Waals surface area (Å²) in [6, 6.07) is 5.78. The molecule has 1 saturated heterocycles. The number of piperazine rings is 1. The molecule has 2 heterocycles. The molecule has 1 atom stereocenters. The second kappa shape index (κ2) is 9.10. The second-order valence-corrected chi connectivity index (χ2v) is 6.02. The van der Waals surface area contributed by atoms with Gasteiger partial charge >= 0.3 is 6.03 Å². The number of rotatable bonds is 6. The van der Waals surface area contributed by atoms with Crippen LogP contribution in [0.25, 0.3) is 0 Å². The summed E-state index contributed by atoms with van der Waals surface area (Å²) in [7, 11) is 0. The highest BCUT2D eigenvalue weighted by atomic mass is 16.2. The first kappa shape index (κ1) is 18.0. The Balaban J connectivity index is 1.67. The zero-order chi connectivity index (χ0) is 17.4. The molecule has 1 aromatic heterocycles. The van der Waals surface area contributed by atoms with Crippen LogP contribution in [0, 0.1) is 0 Å². The monoisotopic (exact) mass is 333 g/mol. The minimum atomic E-state index is -0.211. The largest absolute Gasteiger partial charge is 0.353 e. The first-order valence-electron chi connectivity index (χ1n) is 8.58. The average Bonchev–Trinajstić information content (AvgIpc) is 2.62. The molecule has 132 valence electrons. The molecule has 7 heteroatoms. The van der Waals surface area contributed by atoms with Gasteiger partial charge in [0.25, 0.3) is 0 Å². The van der Waals surface area contributed by atoms with Crippen molar-refractivity contribution in [2.45, 2.75) is 32.7 Å². The summed E-state index contributed by atoms with van der Waals surface area (Å²) in [5, 5.41) is 5.55. The fourth-order valence-electron chi connectivity index (χ4n) is 2.54. The SMILES string of the molecule is CC[C@H](C)NC(=O)NCCC(=O)N1CCN(c2ccccn2)CC1. The Morgan fingerprint density at radius 3 is 2.62 bits per heavy atom. The lowest BCUT2D eigenvalue weighted by molar-refractivity contribution is -0.131. The molecule has 1 aliphatic heterocycles. The Morgan fingerprint density at radius 2 is 2.00 bits per heavy atom. The number of amides is 3. The lowest BCUT2D eigenvalue weighted by Crippen LogP contribution is -2.49. The lowest BCUT2D eigenvalue weighted by Gasteiger charge is -2.35. The molecule has 0 saturated carbocycles. The van der Waals surface area contributed by atoms with Gasteiger partial charge in [-0.2, -0.15) is 0 Å². The van der Waals surface area contributed by atoms with Crippen LogP contribution in [0.15, 0.2) is 24.4 Å². The van der Waals surface area contributed by atoms with Crippen molar-refractivity contribution >= 4 is 17.8 Å². The average molecular weight is 333 g/mol. The van der Waals surface area contributed by atoms with E-state index in [0.29, 0.717) is 26.1 Å². The number of nitrogens with zero attached hydrogens (tertiary/aromatic N) is 3. The molecule has 2 rings (SSSR count). The number of anilines is 1. The van der Waals surface area contributed by atoms with Crippen molar-refractivity contribution in [1.82, 2.24) is 20.5 Å². The van der Waals surface area contributed by atoms with Crippen LogP contribution in [-0.4, -0.2) is 60.6 Å². The zero-order valence-corrected chi connectivity index (χ0v) is 14.5. The van der Waals surface area contributed by atoms with Gasteiger partial charge < -0.3 is 20.4 Å². The van der Waals surface area contributed by atoms with E-state index < -0.39 is 0 Å². The molecule has 0 radical (unpaired) electrons. The van der Waals surface area contributed by atoms with Crippen LogP contribution in [0.5, 0.6) is 0 Å². The van der Waals surface area contributed by atoms with E-state index in [1.807, 2.05) is 36.9 Å². The smallest absolute Gasteiger partial charge is 0.315 e. The number of pyridine rings is 1. The van der Waals surface area contributed by atoms with Crippen molar-refractivity contribution in [3.8, 4) is 0 Å². The first-order valence-corrected chi connectivity index (χ1v) is 8.58. The molecule has 0 bridgehead atoms. The molecule has 7 nitrogen and oxygen atoms in total. The van der Waals surface area contributed by atoms with Gasteiger partial charge in [-0.3, -0.25) is 4.79 Å². The number of hydrogen-bond acceptors (Lipinski definition) is 4. The summed E-state index contributed by atoms with van der Waals surface area (Å²) in [6.07, 6.45) is 2.99. The number of aromatic nitrogens is 1. The molecule has 2 N–H and O–H groups in total. The van der Waals surface area contributed by atoms with Gasteiger partial charge in [-0.15, -0.1) is 0 Å². The van der Waals surface area contributed by atoms with E-state index in [1.54, 1.807) is 6.20 Å². The minimum absolute atomic E-state index is 0.0829. The van der Waals surface area contributed by atoms with Crippen molar-refractivity contribution < 1.29 is 9.59 Å². The van der Waals surface area contributed by atoms with Gasteiger partial charge in [-0.05, 0) is 25.5 Å². The molecule has 0 aliphatic carbocycles. The number of hydrogen-bond donors (Lipinski definition) is 2. The maximum atomic E-state index is 12.2. The summed E-state index contributed by atoms with van der Waals surface area (Å²) in [5.41, 5.74) is 0. The van der Waals surface area contributed by atoms with Crippen LogP contribution in [0.3, 0.4) is 0 Å². The predicted octanol–water partition coefficient (Wildman–Crippen LogP) is 1.22. The van der Waals surface area contributed by atoms with Crippen molar-refractivity contribution in [1.29, 1.82) is 0 Å². The van der Waals surface area contributed by atoms with E-state index in [-0.39, 0.29) is 18.0 Å². The highest BCUT2D eigenvalue weighted by molar-refractivity contribution is 5.78. The van der Waals surface area contributed by atoms with Gasteiger partial charge in [0.1, 0.15) is 5.82 Å². The predicted molar refractivity (Wildman–Crippen MR) is 93.9 cm³/mol. The van der Waals surface area contributed by atoms with Crippen LogP contribution >= 0.6 is 0 Å². The normalized spacial score (nSPS) is 15.8. The Labute approximate surface area is 143 Å². The van der Waals surface area contributed by atoms with Gasteiger partial charge in [0.2, 0.25) is 5.91 Å². The standard InChI is InChI=1S/C17H27N5O2/c1-3-14(2)20-17(24)19-9-7-16(23)22-12-10-21(11-13-22)15-6-4-5-8-18-15/h4-6,8,14H,3,7,9-13H2,1-2H3,(H2,19,20,24)/t14-/m0/s1. The van der Waals surface area contributed by atoms with Crippen LogP contribution in [-0.2, 0) is 4.79 Å². The van der Waals surface area contributed by atoms with Gasteiger partial charge in [-0.25, -0.2) is 9.78 Å². The fourth-order valence-corrected chi connectivity index (χ4v) is 2.54. The maximum Gasteiger partial charge on any atom is 0.315 e. The van der Waals surface area contributed by atoms with E-state index in [0.717, 1.165) is 25.3 Å². The summed E-state index contributed by atoms with van der Waals surface area (Å²) in [4.78, 5) is 32.2. The van der Waals surface area contributed by atoms with Crippen molar-refractivity contribution in [2.24, 2.45) is 0 Å². The second-order valence-electron chi connectivity index (χ2n) is 6.02. The zero-order valence-electron chi connectivity index (χ0n) is 14.5. The molecule has 0 unspecified atom stereocenters. The quantitative estimate of drug-likeness (QED) is 0.820. The third kappa shape index (κ3) is 5.40. The number of carbonyl (C=O) groups is 2. The molecule has 0 spiro atoms. The molecule has 0 aromatic carbocycles. The number of carbonyl (C=O) groups excluding carboxylic acids is 2. The van der Waals surface area contributed by atoms with Crippen LogP contribution in [0.1, 0.15) is 26.7 Å². The number of urea groups is 1. The molecular formula is C17H27N5O2. The lowest BCUT2D eigenvalue weighted by atomic mass is 10.2. The summed E-state index contributed by atoms with van der Waals surface area (Å²) < 4.78 is 0. The van der Waals surface area contributed by atoms with Crippen molar-refractivity contribution in [3.05, 3.63) is 24.4 Å². The number of nitrogens with one attached hydrogen (secondary N) is 2. The Hall–Kier alpha value is -2.31. The van der Waals surface area contributed by atoms with Gasteiger partial charge in [0.15, 0.2) is 0 Å². The van der Waals surface area contributed by atoms with E-state index in [9.17, 15) is 9.59 Å². The van der Waals surface area contributed by atoms with E-state index in [2.05, 4.69) is 20.5 Å². The first-order chi connectivity index (χ1) is 11.6. The van der Waals surface area contributed by atoms with Gasteiger partial charge in [0, 0.05) is 51.4 Å². The van der Waals surface area contributed by atoms with Gasteiger partial charge in [0.05, 0.1) is 0 Å². The Bertz CT molecular complexity index is 529. The summed E-state index contributed by atoms with van der Waals surface area (Å²) in [6.45, 7) is 7.27. The highest BCUT2D eigenvalue weighted by Crippen LogP contribution is 2.12. The minimum Gasteiger partial charge on any atom is -0.353 e. The molecular weight excluding hydrogens is 306 g/mol. The van der Waals surface area contributed by atoms with Gasteiger partial charge in [-0.1, -0.05) is 13.0 Å². The molecule has 1 aliphatic rings. The topological polar surface area (TPSA) is 77.6 Å². The summed E-state index contributed by atoms with van der Waals surface area (Å²) in [5.74, 6) is 1.03. The third-order valence-electron chi connectivity index (χ3n) is 4.22. The third-order valence-corrected chi connectivity index (χ3v) is 4.22. The fraction of sp³-hybridized carbons (Fsp3) is 0.588. The molecule has 1 aromatic rings. The summed E-state index contributed by atoms with van der Waals surface area (Å²) >= 11 is 0. The van der Waals surface area contributed by atoms with E-state index in [4.69, 9.17) is 0 Å². The van der Waals surface area contributed by atoms with E-state index >= 15 is 0 Å². The maximum absolute atomic E-state index is 12.2. The van der Waals surface area contributed by atoms with Crippen LogP contribution in [0.4, 0.5) is 10.6 Å². The molecule has 24 heavy (non-hydrogen) atoms. The molecule has 3 amide bonds. The Morgan fingerprint density at radius 1 is 1.25 bits per heavy atom. The highest BCUT2D eigenvalue weighted by Gasteiger charge is 2.21. The van der Waals surface area contributed by atoms with Crippen LogP contribution in [0.2, 0.25) is 0 Å². The van der Waals surface area contributed by atoms with Crippen LogP contribution < -0.4 is 15.5 Å².